The van der Waals surface area contributed by atoms with Crippen molar-refractivity contribution < 1.29 is 32.9 Å². The fourth-order valence-corrected chi connectivity index (χ4v) is 10.4. The van der Waals surface area contributed by atoms with Crippen LogP contribution in [0.15, 0.2) is 23.8 Å². The molecule has 2 saturated heterocycles. The number of esters is 1. The molecule has 6 aliphatic rings. The van der Waals surface area contributed by atoms with Crippen molar-refractivity contribution in [3.63, 3.8) is 0 Å². The van der Waals surface area contributed by atoms with E-state index in [9.17, 15) is 18.7 Å². The van der Waals surface area contributed by atoms with Crippen molar-refractivity contribution in [2.24, 2.45) is 46.3 Å². The van der Waals surface area contributed by atoms with E-state index in [0.717, 1.165) is 38.7 Å². The number of ether oxygens (including phenoxy) is 3. The number of fused-ring (bicyclic) bond motifs is 7. The predicted molar refractivity (Wildman–Crippen MR) is 147 cm³/mol. The topological polar surface area (TPSA) is 65.0 Å². The van der Waals surface area contributed by atoms with Crippen LogP contribution in [0.3, 0.4) is 0 Å². The van der Waals surface area contributed by atoms with Gasteiger partial charge in [-0.15, -0.1) is 0 Å². The van der Waals surface area contributed by atoms with Gasteiger partial charge in [-0.3, -0.25) is 0 Å². The van der Waals surface area contributed by atoms with Gasteiger partial charge in [0.15, 0.2) is 5.79 Å². The number of allylic oxidation sites excluding steroid dienone is 1. The van der Waals surface area contributed by atoms with Crippen molar-refractivity contribution in [1.29, 1.82) is 0 Å². The van der Waals surface area contributed by atoms with Gasteiger partial charge in [0, 0.05) is 30.8 Å². The fraction of sp³-hybridized carbons (Fsp3) is 0.848. The molecule has 40 heavy (non-hydrogen) atoms. The number of aliphatic hydroxyl groups excluding tert-OH is 1. The van der Waals surface area contributed by atoms with E-state index in [1.54, 1.807) is 0 Å². The normalized spacial score (nSPS) is 48.5. The van der Waals surface area contributed by atoms with Gasteiger partial charge in [0.2, 0.25) is 0 Å². The molecule has 2 unspecified atom stereocenters. The highest BCUT2D eigenvalue weighted by Gasteiger charge is 2.68. The highest BCUT2D eigenvalue weighted by atomic mass is 19.3. The van der Waals surface area contributed by atoms with Gasteiger partial charge in [0.05, 0.1) is 12.7 Å². The van der Waals surface area contributed by atoms with Crippen LogP contribution in [-0.4, -0.2) is 48.2 Å². The van der Waals surface area contributed by atoms with E-state index >= 15 is 0 Å². The molecule has 224 valence electrons. The van der Waals surface area contributed by atoms with E-state index in [2.05, 4.69) is 40.3 Å². The number of rotatable bonds is 5. The van der Waals surface area contributed by atoms with Gasteiger partial charge in [-0.25, -0.2) is 13.6 Å². The van der Waals surface area contributed by atoms with Crippen molar-refractivity contribution in [3.05, 3.63) is 23.8 Å². The number of hydrogen-bond donors (Lipinski definition) is 1. The van der Waals surface area contributed by atoms with Crippen molar-refractivity contribution in [3.8, 4) is 0 Å². The van der Waals surface area contributed by atoms with Gasteiger partial charge >= 0.3 is 5.97 Å². The second-order valence-corrected chi connectivity index (χ2v) is 14.8. The van der Waals surface area contributed by atoms with Crippen LogP contribution in [-0.2, 0) is 19.0 Å². The van der Waals surface area contributed by atoms with Crippen LogP contribution < -0.4 is 0 Å². The van der Waals surface area contributed by atoms with E-state index in [-0.39, 0.29) is 28.3 Å². The van der Waals surface area contributed by atoms with Crippen molar-refractivity contribution >= 4 is 5.97 Å². The predicted octanol–water partition coefficient (Wildman–Crippen LogP) is 6.84. The Hall–Kier alpha value is -1.31. The van der Waals surface area contributed by atoms with Crippen LogP contribution in [0, 0.1) is 46.3 Å². The lowest BCUT2D eigenvalue weighted by Crippen LogP contribution is -2.52. The third kappa shape index (κ3) is 4.43. The molecule has 6 rings (SSSR count). The first-order valence-electron chi connectivity index (χ1n) is 15.7. The Labute approximate surface area is 238 Å². The molecule has 12 atom stereocenters. The molecule has 2 heterocycles. The fourth-order valence-electron chi connectivity index (χ4n) is 10.4. The zero-order valence-electron chi connectivity index (χ0n) is 24.7. The summed E-state index contributed by atoms with van der Waals surface area (Å²) < 4.78 is 44.5. The Kier molecular flexibility index (Phi) is 7.31. The largest absolute Gasteiger partial charge is 0.459 e. The summed E-state index contributed by atoms with van der Waals surface area (Å²) in [5.41, 5.74) is 1.68. The SMILES string of the molecule is C=C(CC(O)C(F)F)C(=O)O[C@H]1CC[C@@]2(C)C(=CC[C@@H]3[C@@H]2CC[C@]2(C)C4[C@H](C[C@@H]32)O[C@]2(CC[C@@H](C)CO2)[C@H]4C)C1. The zero-order valence-corrected chi connectivity index (χ0v) is 24.7. The maximum Gasteiger partial charge on any atom is 0.333 e. The monoisotopic (exact) mass is 562 g/mol. The van der Waals surface area contributed by atoms with Gasteiger partial charge < -0.3 is 19.3 Å². The van der Waals surface area contributed by atoms with Crippen molar-refractivity contribution in [2.45, 2.75) is 122 Å². The molecule has 0 bridgehead atoms. The zero-order chi connectivity index (χ0) is 28.6. The summed E-state index contributed by atoms with van der Waals surface area (Å²) in [6, 6.07) is 0. The summed E-state index contributed by atoms with van der Waals surface area (Å²) in [6.45, 7) is 14.0. The molecule has 3 saturated carbocycles. The number of carbonyl (C=O) groups excluding carboxylic acids is 1. The first-order chi connectivity index (χ1) is 18.9. The molecule has 0 aromatic rings. The summed E-state index contributed by atoms with van der Waals surface area (Å²) in [5, 5.41) is 9.43. The number of alkyl halides is 2. The van der Waals surface area contributed by atoms with Crippen molar-refractivity contribution in [1.82, 2.24) is 0 Å². The molecule has 4 aliphatic carbocycles. The molecule has 0 aromatic carbocycles. The second-order valence-electron chi connectivity index (χ2n) is 14.8. The van der Waals surface area contributed by atoms with Gasteiger partial charge in [0.25, 0.3) is 6.43 Å². The molecule has 7 heteroatoms. The van der Waals surface area contributed by atoms with E-state index in [4.69, 9.17) is 14.2 Å². The Morgan fingerprint density at radius 3 is 2.65 bits per heavy atom. The molecule has 5 fully saturated rings. The summed E-state index contributed by atoms with van der Waals surface area (Å²) >= 11 is 0. The van der Waals surface area contributed by atoms with Crippen LogP contribution in [0.1, 0.15) is 91.9 Å². The lowest BCUT2D eigenvalue weighted by Gasteiger charge is -2.58. The Morgan fingerprint density at radius 1 is 1.18 bits per heavy atom. The standard InChI is InChI=1S/C33H48F2O5/c1-18-8-13-33(38-17-18)20(3)28-27(40-33)16-25-23-7-6-21-15-22(39-30(37)19(2)14-26(36)29(34)35)9-11-31(21,4)24(23)10-12-32(25,28)5/h6,18,20,22-29,36H,2,7-17H2,1,3-5H3/t18-,20+,22+,23-,24+,25+,26?,27+,28?,31+,32+,33-/m1/s1. The van der Waals surface area contributed by atoms with Crippen LogP contribution in [0.5, 0.6) is 0 Å². The molecular formula is C33H48F2O5. The molecule has 1 N–H and O–H groups in total. The average Bonchev–Trinajstić information content (AvgIpc) is 3.35. The first kappa shape index (κ1) is 28.8. The van der Waals surface area contributed by atoms with Crippen LogP contribution in [0.2, 0.25) is 0 Å². The second kappa shape index (κ2) is 10.2. The van der Waals surface area contributed by atoms with Gasteiger partial charge in [-0.05, 0) is 85.4 Å². The summed E-state index contributed by atoms with van der Waals surface area (Å²) in [7, 11) is 0. The van der Waals surface area contributed by atoms with Crippen LogP contribution >= 0.6 is 0 Å². The molecule has 0 amide bonds. The van der Waals surface area contributed by atoms with E-state index in [1.807, 2.05) is 0 Å². The minimum absolute atomic E-state index is 0.0939. The lowest BCUT2D eigenvalue weighted by molar-refractivity contribution is -0.272. The summed E-state index contributed by atoms with van der Waals surface area (Å²) in [5.74, 6) is 2.45. The summed E-state index contributed by atoms with van der Waals surface area (Å²) in [6.07, 6.45) is 6.47. The molecule has 1 spiro atoms. The Balaban J connectivity index is 1.13. The smallest absolute Gasteiger partial charge is 0.333 e. The van der Waals surface area contributed by atoms with Crippen LogP contribution in [0.25, 0.3) is 0 Å². The molecule has 0 aromatic heterocycles. The third-order valence-electron chi connectivity index (χ3n) is 12.6. The maximum absolute atomic E-state index is 12.7. The minimum Gasteiger partial charge on any atom is -0.459 e. The Morgan fingerprint density at radius 2 is 1.95 bits per heavy atom. The molecule has 5 nitrogen and oxygen atoms in total. The van der Waals surface area contributed by atoms with E-state index < -0.39 is 24.9 Å². The van der Waals surface area contributed by atoms with Gasteiger partial charge in [-0.1, -0.05) is 45.9 Å². The molecule has 0 radical (unpaired) electrons. The third-order valence-corrected chi connectivity index (χ3v) is 12.6. The average molecular weight is 563 g/mol. The quantitative estimate of drug-likeness (QED) is 0.226. The van der Waals surface area contributed by atoms with Crippen molar-refractivity contribution in [2.75, 3.05) is 6.61 Å². The molecular weight excluding hydrogens is 514 g/mol. The van der Waals surface area contributed by atoms with Gasteiger partial charge in [-0.2, -0.15) is 0 Å². The maximum atomic E-state index is 12.7. The summed E-state index contributed by atoms with van der Waals surface area (Å²) in [4.78, 5) is 12.5. The van der Waals surface area contributed by atoms with Gasteiger partial charge in [0.1, 0.15) is 12.2 Å². The number of aliphatic hydroxyl groups is 1. The van der Waals surface area contributed by atoms with Crippen LogP contribution in [0.4, 0.5) is 8.78 Å². The number of hydrogen-bond acceptors (Lipinski definition) is 5. The first-order valence-corrected chi connectivity index (χ1v) is 15.7. The molecule has 2 aliphatic heterocycles. The van der Waals surface area contributed by atoms with E-state index in [1.165, 1.54) is 24.8 Å². The Bertz CT molecular complexity index is 1050. The van der Waals surface area contributed by atoms with E-state index in [0.29, 0.717) is 48.0 Å². The highest BCUT2D eigenvalue weighted by Crippen LogP contribution is 2.70. The lowest BCUT2D eigenvalue weighted by atomic mass is 9.47. The highest BCUT2D eigenvalue weighted by molar-refractivity contribution is 5.87. The minimum atomic E-state index is -2.91. The number of halogens is 2. The number of carbonyl (C=O) groups is 1.